The van der Waals surface area contributed by atoms with Crippen molar-refractivity contribution in [2.75, 3.05) is 0 Å². The summed E-state index contributed by atoms with van der Waals surface area (Å²) in [4.78, 5) is 17.9. The molecular formula is C24H24N4O2S. The van der Waals surface area contributed by atoms with Crippen molar-refractivity contribution < 1.29 is 9.32 Å². The fourth-order valence-electron chi connectivity index (χ4n) is 3.27. The Morgan fingerprint density at radius 2 is 1.87 bits per heavy atom. The molecule has 0 saturated heterocycles. The van der Waals surface area contributed by atoms with Crippen molar-refractivity contribution in [1.29, 1.82) is 0 Å². The summed E-state index contributed by atoms with van der Waals surface area (Å²) < 4.78 is 7.26. The summed E-state index contributed by atoms with van der Waals surface area (Å²) in [6, 6.07) is 15.9. The number of hydrogen-bond donors (Lipinski definition) is 1. The largest absolute Gasteiger partial charge is 0.361 e. The molecular weight excluding hydrogens is 408 g/mol. The van der Waals surface area contributed by atoms with Gasteiger partial charge in [0.2, 0.25) is 0 Å². The van der Waals surface area contributed by atoms with Crippen LogP contribution in [0.15, 0.2) is 76.7 Å². The second-order valence-electron chi connectivity index (χ2n) is 7.32. The highest BCUT2D eigenvalue weighted by Gasteiger charge is 2.14. The molecule has 0 saturated carbocycles. The van der Waals surface area contributed by atoms with Gasteiger partial charge in [0.15, 0.2) is 0 Å². The average Bonchev–Trinajstić information content (AvgIpc) is 3.41. The summed E-state index contributed by atoms with van der Waals surface area (Å²) in [7, 11) is 0. The third-order valence-electron chi connectivity index (χ3n) is 5.09. The molecule has 2 aromatic heterocycles. The number of amides is 1. The number of hydrogen-bond acceptors (Lipinski definition) is 5. The number of nitrogens with zero attached hydrogens (tertiary/aromatic N) is 3. The number of benzene rings is 2. The van der Waals surface area contributed by atoms with Crippen molar-refractivity contribution >= 4 is 17.7 Å². The maximum absolute atomic E-state index is 12.8. The first-order valence-corrected chi connectivity index (χ1v) is 11.0. The molecule has 0 spiro atoms. The van der Waals surface area contributed by atoms with Gasteiger partial charge in [-0.1, -0.05) is 41.6 Å². The summed E-state index contributed by atoms with van der Waals surface area (Å²) in [5.74, 6) is 1.46. The molecule has 158 valence electrons. The van der Waals surface area contributed by atoms with Crippen LogP contribution in [0.5, 0.6) is 0 Å². The van der Waals surface area contributed by atoms with E-state index in [2.05, 4.69) is 27.6 Å². The molecule has 7 heteroatoms. The predicted octanol–water partition coefficient (Wildman–Crippen LogP) is 4.76. The Balaban J connectivity index is 1.36. The maximum Gasteiger partial charge on any atom is 0.252 e. The fraction of sp³-hybridized carbons (Fsp3) is 0.208. The third kappa shape index (κ3) is 5.24. The lowest BCUT2D eigenvalue weighted by Gasteiger charge is -2.11. The summed E-state index contributed by atoms with van der Waals surface area (Å²) in [6.07, 6.45) is 5.51. The number of imidazole rings is 1. The van der Waals surface area contributed by atoms with Gasteiger partial charge in [0.05, 0.1) is 17.6 Å². The molecule has 6 nitrogen and oxygen atoms in total. The number of aryl methyl sites for hydroxylation is 2. The van der Waals surface area contributed by atoms with Crippen molar-refractivity contribution in [3.8, 4) is 0 Å². The van der Waals surface area contributed by atoms with Crippen LogP contribution >= 0.6 is 11.8 Å². The van der Waals surface area contributed by atoms with E-state index in [1.54, 1.807) is 24.3 Å². The topological polar surface area (TPSA) is 73.0 Å². The van der Waals surface area contributed by atoms with E-state index in [1.165, 1.54) is 5.56 Å². The molecule has 31 heavy (non-hydrogen) atoms. The van der Waals surface area contributed by atoms with E-state index < -0.39 is 0 Å². The van der Waals surface area contributed by atoms with Gasteiger partial charge in [0, 0.05) is 41.7 Å². The van der Waals surface area contributed by atoms with E-state index in [9.17, 15) is 4.79 Å². The highest BCUT2D eigenvalue weighted by atomic mass is 32.2. The molecule has 1 amide bonds. The van der Waals surface area contributed by atoms with Crippen LogP contribution in [0.3, 0.4) is 0 Å². The second kappa shape index (κ2) is 9.66. The van der Waals surface area contributed by atoms with Crippen LogP contribution in [-0.2, 0) is 18.8 Å². The number of thioether (sulfide) groups is 1. The van der Waals surface area contributed by atoms with Gasteiger partial charge in [0.25, 0.3) is 5.91 Å². The van der Waals surface area contributed by atoms with E-state index in [0.29, 0.717) is 17.9 Å². The highest BCUT2D eigenvalue weighted by Crippen LogP contribution is 2.28. The van der Waals surface area contributed by atoms with Gasteiger partial charge in [-0.05, 0) is 37.1 Å². The zero-order chi connectivity index (χ0) is 21.6. The Labute approximate surface area is 185 Å². The molecule has 0 aliphatic heterocycles. The van der Waals surface area contributed by atoms with Gasteiger partial charge in [-0.2, -0.15) is 0 Å². The van der Waals surface area contributed by atoms with Gasteiger partial charge in [-0.3, -0.25) is 4.79 Å². The number of nitrogens with one attached hydrogen (secondary N) is 1. The quantitative estimate of drug-likeness (QED) is 0.407. The zero-order valence-electron chi connectivity index (χ0n) is 17.5. The van der Waals surface area contributed by atoms with E-state index in [-0.39, 0.29) is 5.91 Å². The van der Waals surface area contributed by atoms with Crippen LogP contribution in [0.1, 0.15) is 38.5 Å². The summed E-state index contributed by atoms with van der Waals surface area (Å²) in [5, 5.41) is 7.04. The van der Waals surface area contributed by atoms with Crippen molar-refractivity contribution in [3.05, 3.63) is 101 Å². The molecule has 2 aromatic carbocycles. The van der Waals surface area contributed by atoms with E-state index in [0.717, 1.165) is 34.0 Å². The molecule has 0 radical (unpaired) electrons. The molecule has 0 aliphatic rings. The monoisotopic (exact) mass is 432 g/mol. The van der Waals surface area contributed by atoms with Crippen LogP contribution in [0.2, 0.25) is 0 Å². The Morgan fingerprint density at radius 1 is 1.10 bits per heavy atom. The summed E-state index contributed by atoms with van der Waals surface area (Å²) >= 11 is 1.62. The average molecular weight is 433 g/mol. The molecule has 2 heterocycles. The molecule has 4 aromatic rings. The van der Waals surface area contributed by atoms with E-state index >= 15 is 0 Å². The number of carbonyl (C=O) groups is 1. The predicted molar refractivity (Wildman–Crippen MR) is 121 cm³/mol. The van der Waals surface area contributed by atoms with Gasteiger partial charge in [-0.15, -0.1) is 11.8 Å². The minimum atomic E-state index is -0.0793. The van der Waals surface area contributed by atoms with Gasteiger partial charge in [0.1, 0.15) is 5.76 Å². The Bertz CT molecular complexity index is 1130. The van der Waals surface area contributed by atoms with Crippen molar-refractivity contribution in [1.82, 2.24) is 20.0 Å². The number of carbonyl (C=O) groups excluding carboxylic acids is 1. The smallest absolute Gasteiger partial charge is 0.252 e. The highest BCUT2D eigenvalue weighted by molar-refractivity contribution is 7.98. The molecule has 0 fully saturated rings. The second-order valence-corrected chi connectivity index (χ2v) is 8.34. The SMILES string of the molecule is Cc1noc(C)c1CSc1ccccc1C(=O)NCc1ccc(Cn2ccnc2)cc1. The molecule has 0 aliphatic carbocycles. The summed E-state index contributed by atoms with van der Waals surface area (Å²) in [6.45, 7) is 5.11. The van der Waals surface area contributed by atoms with Gasteiger partial charge >= 0.3 is 0 Å². The minimum Gasteiger partial charge on any atom is -0.361 e. The first kappa shape index (κ1) is 20.9. The Kier molecular flexibility index (Phi) is 6.52. The van der Waals surface area contributed by atoms with Crippen molar-refractivity contribution in [2.45, 2.75) is 37.6 Å². The number of rotatable bonds is 8. The first-order chi connectivity index (χ1) is 15.1. The van der Waals surface area contributed by atoms with Crippen molar-refractivity contribution in [2.24, 2.45) is 0 Å². The molecule has 0 unspecified atom stereocenters. The van der Waals surface area contributed by atoms with Crippen LogP contribution in [0.25, 0.3) is 0 Å². The Morgan fingerprint density at radius 3 is 2.58 bits per heavy atom. The fourth-order valence-corrected chi connectivity index (χ4v) is 4.47. The van der Waals surface area contributed by atoms with Crippen LogP contribution in [0.4, 0.5) is 0 Å². The van der Waals surface area contributed by atoms with E-state index in [4.69, 9.17) is 4.52 Å². The lowest BCUT2D eigenvalue weighted by atomic mass is 10.1. The van der Waals surface area contributed by atoms with Crippen LogP contribution in [0, 0.1) is 13.8 Å². The van der Waals surface area contributed by atoms with Gasteiger partial charge < -0.3 is 14.4 Å². The first-order valence-electron chi connectivity index (χ1n) is 10.1. The van der Waals surface area contributed by atoms with Crippen molar-refractivity contribution in [3.63, 3.8) is 0 Å². The van der Waals surface area contributed by atoms with Crippen LogP contribution < -0.4 is 5.32 Å². The number of aromatic nitrogens is 3. The Hall–Kier alpha value is -3.32. The third-order valence-corrected chi connectivity index (χ3v) is 6.19. The van der Waals surface area contributed by atoms with Crippen LogP contribution in [-0.4, -0.2) is 20.6 Å². The zero-order valence-corrected chi connectivity index (χ0v) is 18.4. The standard InChI is InChI=1S/C24H24N4O2S/c1-17-22(18(2)30-27-17)15-31-23-6-4-3-5-21(23)24(29)26-13-19-7-9-20(10-8-19)14-28-12-11-25-16-28/h3-12,16H,13-15H2,1-2H3,(H,26,29). The molecule has 1 N–H and O–H groups in total. The maximum atomic E-state index is 12.8. The molecule has 0 atom stereocenters. The van der Waals surface area contributed by atoms with E-state index in [1.807, 2.05) is 61.0 Å². The minimum absolute atomic E-state index is 0.0793. The normalized spacial score (nSPS) is 10.9. The lowest BCUT2D eigenvalue weighted by molar-refractivity contribution is 0.0948. The molecule has 0 bridgehead atoms. The van der Waals surface area contributed by atoms with Gasteiger partial charge in [-0.25, -0.2) is 4.98 Å². The summed E-state index contributed by atoms with van der Waals surface area (Å²) in [5.41, 5.74) is 4.90. The lowest BCUT2D eigenvalue weighted by Crippen LogP contribution is -2.23. The molecule has 4 rings (SSSR count).